The number of hydrogen-bond donors (Lipinski definition) is 3. The maximum atomic E-state index is 13.8. The van der Waals surface area contributed by atoms with Gasteiger partial charge < -0.3 is 24.8 Å². The number of aromatic nitrogens is 4. The van der Waals surface area contributed by atoms with Crippen molar-refractivity contribution < 1.29 is 29.6 Å². The third-order valence-corrected chi connectivity index (χ3v) is 7.65. The Morgan fingerprint density at radius 3 is 2.02 bits per heavy atom. The highest BCUT2D eigenvalue weighted by Crippen LogP contribution is 2.34. The summed E-state index contributed by atoms with van der Waals surface area (Å²) >= 11 is 6.82. The number of ether oxygens (including phenoxy) is 2. The molecule has 1 fully saturated rings. The van der Waals surface area contributed by atoms with E-state index >= 15 is 0 Å². The molecule has 5 rings (SSSR count). The third kappa shape index (κ3) is 5.50. The Hall–Kier alpha value is -3.27. The summed E-state index contributed by atoms with van der Waals surface area (Å²) < 4.78 is 13.7. The maximum absolute atomic E-state index is 13.8. The van der Waals surface area contributed by atoms with E-state index in [1.165, 1.54) is 0 Å². The molecule has 0 aliphatic carbocycles. The lowest BCUT2D eigenvalue weighted by Crippen LogP contribution is -2.46. The first kappa shape index (κ1) is 29.2. The average Bonchev–Trinajstić information content (AvgIpc) is 3.24. The predicted octanol–water partition coefficient (Wildman–Crippen LogP) is 1.99. The largest absolute Gasteiger partial charge is 0.465 e. The summed E-state index contributed by atoms with van der Waals surface area (Å²) in [5.41, 5.74) is -0.626. The molecule has 0 unspecified atom stereocenters. The van der Waals surface area contributed by atoms with Crippen LogP contribution in [0, 0.1) is 0 Å². The van der Waals surface area contributed by atoms with Crippen molar-refractivity contribution >= 4 is 49.0 Å². The maximum Gasteiger partial charge on any atom is 0.335 e. The van der Waals surface area contributed by atoms with E-state index in [1.54, 1.807) is 55.5 Å². The van der Waals surface area contributed by atoms with Gasteiger partial charge in [-0.15, -0.1) is 0 Å². The Morgan fingerprint density at radius 1 is 0.951 bits per heavy atom. The number of esters is 1. The summed E-state index contributed by atoms with van der Waals surface area (Å²) in [7, 11) is 0. The van der Waals surface area contributed by atoms with Crippen molar-refractivity contribution in [3.63, 3.8) is 0 Å². The van der Waals surface area contributed by atoms with Gasteiger partial charge in [0.2, 0.25) is 0 Å². The lowest BCUT2D eigenvalue weighted by atomic mass is 10.0. The van der Waals surface area contributed by atoms with Gasteiger partial charge in [0, 0.05) is 20.1 Å². The molecule has 3 heterocycles. The van der Waals surface area contributed by atoms with E-state index in [4.69, 9.17) is 14.5 Å². The van der Waals surface area contributed by atoms with Gasteiger partial charge in [0.25, 0.3) is 5.56 Å². The molecule has 1 aliphatic rings. The Bertz CT molecular complexity index is 1720. The predicted molar refractivity (Wildman–Crippen MR) is 154 cm³/mol. The molecular formula is C27H24Br2N4O8. The van der Waals surface area contributed by atoms with Gasteiger partial charge in [-0.25, -0.2) is 23.9 Å². The first-order valence-electron chi connectivity index (χ1n) is 12.5. The van der Waals surface area contributed by atoms with E-state index in [9.17, 15) is 29.7 Å². The fourth-order valence-electron chi connectivity index (χ4n) is 4.59. The second-order valence-electron chi connectivity index (χ2n) is 9.18. The van der Waals surface area contributed by atoms with E-state index in [-0.39, 0.29) is 17.8 Å². The number of rotatable bonds is 7. The molecule has 2 aromatic heterocycles. The lowest BCUT2D eigenvalue weighted by Gasteiger charge is -2.21. The molecule has 3 N–H and O–H groups in total. The van der Waals surface area contributed by atoms with Crippen molar-refractivity contribution in [2.45, 2.75) is 38.0 Å². The van der Waals surface area contributed by atoms with Crippen molar-refractivity contribution in [1.82, 2.24) is 19.1 Å². The van der Waals surface area contributed by atoms with Gasteiger partial charge in [0.1, 0.15) is 24.9 Å². The van der Waals surface area contributed by atoms with Crippen LogP contribution in [0.5, 0.6) is 0 Å². The van der Waals surface area contributed by atoms with Crippen molar-refractivity contribution in [3.8, 4) is 22.5 Å². The van der Waals surface area contributed by atoms with Gasteiger partial charge in [-0.2, -0.15) is 0 Å². The number of hydrogen-bond acceptors (Lipinski definition) is 10. The van der Waals surface area contributed by atoms with Gasteiger partial charge >= 0.3 is 11.7 Å². The number of benzene rings is 2. The fraction of sp³-hybridized carbons (Fsp3) is 0.296. The molecular weight excluding hydrogens is 668 g/mol. The first-order valence-corrected chi connectivity index (χ1v) is 14.1. The standard InChI is InChI=1S/C27H24Br2N4O8/c1-2-40-18(35)11-32-25(38)21-24(33(27(32)39)26-23(37)22(36)17(12-34)41-26)31-20(14-5-9-16(29)10-6-14)19(30-21)13-3-7-15(28)8-4-13/h3-10,17,22-23,26,34,36-37H,2,11-12H2,1H3/t17-,22-,23-,26-/m1/s1. The van der Waals surface area contributed by atoms with Gasteiger partial charge in [0.05, 0.1) is 24.6 Å². The van der Waals surface area contributed by atoms with Gasteiger partial charge in [-0.3, -0.25) is 9.59 Å². The number of carbonyl (C=O) groups excluding carboxylic acids is 1. The second kappa shape index (κ2) is 11.9. The van der Waals surface area contributed by atoms with Gasteiger partial charge in [0.15, 0.2) is 17.4 Å². The van der Waals surface area contributed by atoms with E-state index in [1.807, 2.05) is 0 Å². The van der Waals surface area contributed by atoms with Crippen LogP contribution in [0.4, 0.5) is 0 Å². The molecule has 1 aliphatic heterocycles. The quantitative estimate of drug-likeness (QED) is 0.244. The molecule has 0 spiro atoms. The van der Waals surface area contributed by atoms with Crippen LogP contribution in [-0.2, 0) is 20.8 Å². The van der Waals surface area contributed by atoms with Crippen molar-refractivity contribution in [1.29, 1.82) is 0 Å². The van der Waals surface area contributed by atoms with Crippen LogP contribution < -0.4 is 11.2 Å². The third-order valence-electron chi connectivity index (χ3n) is 6.59. The average molecular weight is 692 g/mol. The summed E-state index contributed by atoms with van der Waals surface area (Å²) in [6.07, 6.45) is -6.00. The Balaban J connectivity index is 1.87. The summed E-state index contributed by atoms with van der Waals surface area (Å²) in [4.78, 5) is 49.2. The molecule has 41 heavy (non-hydrogen) atoms. The molecule has 0 saturated carbocycles. The second-order valence-corrected chi connectivity index (χ2v) is 11.0. The molecule has 0 amide bonds. The highest BCUT2D eigenvalue weighted by Gasteiger charge is 2.45. The first-order chi connectivity index (χ1) is 19.6. The molecule has 14 heteroatoms. The van der Waals surface area contributed by atoms with Crippen LogP contribution in [0.15, 0.2) is 67.1 Å². The van der Waals surface area contributed by atoms with Crippen LogP contribution in [0.1, 0.15) is 13.2 Å². The lowest BCUT2D eigenvalue weighted by molar-refractivity contribution is -0.144. The van der Waals surface area contributed by atoms with Crippen LogP contribution in [-0.4, -0.2) is 71.9 Å². The minimum atomic E-state index is -1.68. The molecule has 4 aromatic rings. The summed E-state index contributed by atoms with van der Waals surface area (Å²) in [6, 6.07) is 14.3. The number of halogens is 2. The number of aliphatic hydroxyl groups is 3. The molecule has 0 radical (unpaired) electrons. The van der Waals surface area contributed by atoms with E-state index in [0.29, 0.717) is 27.1 Å². The SMILES string of the molecule is CCOC(=O)Cn1c(=O)c2nc(-c3ccc(Br)cc3)c(-c3ccc(Br)cc3)nc2n([C@@H]2O[C@H](CO)[C@@H](O)[C@H]2O)c1=O. The number of nitrogens with zero attached hydrogens (tertiary/aromatic N) is 4. The van der Waals surface area contributed by atoms with Crippen LogP contribution >= 0.6 is 31.9 Å². The molecule has 214 valence electrons. The van der Waals surface area contributed by atoms with Gasteiger partial charge in [-0.1, -0.05) is 56.1 Å². The Labute approximate surface area is 249 Å². The van der Waals surface area contributed by atoms with Crippen molar-refractivity contribution in [3.05, 3.63) is 78.3 Å². The Morgan fingerprint density at radius 2 is 1.51 bits per heavy atom. The number of aliphatic hydroxyl groups excluding tert-OH is 3. The fourth-order valence-corrected chi connectivity index (χ4v) is 5.12. The Kier molecular flexibility index (Phi) is 8.50. The zero-order valence-corrected chi connectivity index (χ0v) is 24.6. The highest BCUT2D eigenvalue weighted by molar-refractivity contribution is 9.10. The summed E-state index contributed by atoms with van der Waals surface area (Å²) in [5, 5.41) is 30.9. The van der Waals surface area contributed by atoms with Gasteiger partial charge in [-0.05, 0) is 31.2 Å². The summed E-state index contributed by atoms with van der Waals surface area (Å²) in [5.74, 6) is -0.841. The van der Waals surface area contributed by atoms with Crippen LogP contribution in [0.2, 0.25) is 0 Å². The number of fused-ring (bicyclic) bond motifs is 1. The van der Waals surface area contributed by atoms with Crippen LogP contribution in [0.3, 0.4) is 0 Å². The minimum Gasteiger partial charge on any atom is -0.465 e. The molecule has 0 bridgehead atoms. The smallest absolute Gasteiger partial charge is 0.335 e. The molecule has 4 atom stereocenters. The minimum absolute atomic E-state index is 0.0221. The molecule has 1 saturated heterocycles. The zero-order valence-electron chi connectivity index (χ0n) is 21.5. The normalized spacial score (nSPS) is 20.4. The molecule has 12 nitrogen and oxygen atoms in total. The topological polar surface area (TPSA) is 166 Å². The van der Waals surface area contributed by atoms with Crippen LogP contribution in [0.25, 0.3) is 33.7 Å². The van der Waals surface area contributed by atoms with Crippen molar-refractivity contribution in [2.24, 2.45) is 0 Å². The van der Waals surface area contributed by atoms with E-state index < -0.39 is 54.9 Å². The highest BCUT2D eigenvalue weighted by atomic mass is 79.9. The summed E-state index contributed by atoms with van der Waals surface area (Å²) in [6.45, 7) is 0.222. The van der Waals surface area contributed by atoms with E-state index in [2.05, 4.69) is 36.8 Å². The van der Waals surface area contributed by atoms with Crippen molar-refractivity contribution in [2.75, 3.05) is 13.2 Å². The van der Waals surface area contributed by atoms with E-state index in [0.717, 1.165) is 13.5 Å². The zero-order chi connectivity index (χ0) is 29.4. The number of carbonyl (C=O) groups is 1. The molecule has 2 aromatic carbocycles. The monoisotopic (exact) mass is 690 g/mol.